The molecule has 1 aromatic rings. The Hall–Kier alpha value is -0.340. The van der Waals surface area contributed by atoms with E-state index in [1.54, 1.807) is 6.20 Å². The topological polar surface area (TPSA) is 25.8 Å². The predicted octanol–water partition coefficient (Wildman–Crippen LogP) is 1.95. The van der Waals surface area contributed by atoms with Gasteiger partial charge in [0.05, 0.1) is 17.8 Å². The number of rotatable bonds is 2. The highest BCUT2D eigenvalue weighted by Gasteiger charge is 1.94. The lowest BCUT2D eigenvalue weighted by molar-refractivity contribution is 0.952. The Morgan fingerprint density at radius 2 is 2.10 bits per heavy atom. The average molecular weight is 177 g/mol. The van der Waals surface area contributed by atoms with Crippen LogP contribution in [0.1, 0.15) is 11.3 Å². The number of hydrogen-bond acceptors (Lipinski definition) is 2. The van der Waals surface area contributed by atoms with Crippen LogP contribution in [0, 0.1) is 0 Å². The molecular formula is C6H6Cl2N2. The first kappa shape index (κ1) is 7.76. The minimum atomic E-state index is 0.387. The quantitative estimate of drug-likeness (QED) is 0.645. The summed E-state index contributed by atoms with van der Waals surface area (Å²) < 4.78 is 0. The van der Waals surface area contributed by atoms with Gasteiger partial charge < -0.3 is 0 Å². The van der Waals surface area contributed by atoms with Crippen molar-refractivity contribution in [1.82, 2.24) is 10.2 Å². The molecule has 0 radical (unpaired) electrons. The second-order valence-electron chi connectivity index (χ2n) is 1.82. The van der Waals surface area contributed by atoms with Crippen molar-refractivity contribution in [2.45, 2.75) is 11.8 Å². The number of alkyl halides is 2. The van der Waals surface area contributed by atoms with Gasteiger partial charge in [0, 0.05) is 5.88 Å². The van der Waals surface area contributed by atoms with Crippen molar-refractivity contribution in [1.29, 1.82) is 0 Å². The Balaban J connectivity index is 2.87. The summed E-state index contributed by atoms with van der Waals surface area (Å²) in [6, 6.07) is 1.84. The zero-order chi connectivity index (χ0) is 7.40. The molecule has 0 amide bonds. The van der Waals surface area contributed by atoms with Gasteiger partial charge >= 0.3 is 0 Å². The summed E-state index contributed by atoms with van der Waals surface area (Å²) >= 11 is 11.1. The van der Waals surface area contributed by atoms with Gasteiger partial charge in [-0.05, 0) is 11.6 Å². The van der Waals surface area contributed by atoms with Crippen LogP contribution in [0.3, 0.4) is 0 Å². The normalized spacial score (nSPS) is 9.80. The van der Waals surface area contributed by atoms with Crippen LogP contribution in [0.4, 0.5) is 0 Å². The minimum Gasteiger partial charge on any atom is -0.159 e. The Morgan fingerprint density at radius 1 is 1.30 bits per heavy atom. The fourth-order valence-electron chi connectivity index (χ4n) is 0.596. The van der Waals surface area contributed by atoms with Crippen LogP contribution in [0.25, 0.3) is 0 Å². The Bertz CT molecular complexity index is 195. The van der Waals surface area contributed by atoms with Gasteiger partial charge in [-0.3, -0.25) is 0 Å². The molecule has 1 heterocycles. The van der Waals surface area contributed by atoms with Gasteiger partial charge in [-0.25, -0.2) is 0 Å². The third kappa shape index (κ3) is 1.82. The second-order valence-corrected chi connectivity index (χ2v) is 2.36. The van der Waals surface area contributed by atoms with Crippen LogP contribution in [0.2, 0.25) is 0 Å². The highest BCUT2D eigenvalue weighted by atomic mass is 35.5. The molecule has 0 fully saturated rings. The third-order valence-electron chi connectivity index (χ3n) is 1.05. The molecule has 1 rings (SSSR count). The lowest BCUT2D eigenvalue weighted by Gasteiger charge is -1.94. The van der Waals surface area contributed by atoms with Crippen molar-refractivity contribution in [3.8, 4) is 0 Å². The van der Waals surface area contributed by atoms with Crippen molar-refractivity contribution < 1.29 is 0 Å². The van der Waals surface area contributed by atoms with Gasteiger partial charge in [0.2, 0.25) is 0 Å². The van der Waals surface area contributed by atoms with Gasteiger partial charge in [-0.2, -0.15) is 10.2 Å². The van der Waals surface area contributed by atoms with Gasteiger partial charge in [0.25, 0.3) is 0 Å². The monoisotopic (exact) mass is 176 g/mol. The molecule has 0 atom stereocenters. The molecule has 2 nitrogen and oxygen atoms in total. The molecule has 0 aromatic carbocycles. The van der Waals surface area contributed by atoms with Crippen molar-refractivity contribution in [3.05, 3.63) is 23.5 Å². The van der Waals surface area contributed by atoms with E-state index in [-0.39, 0.29) is 0 Å². The standard InChI is InChI=1S/C6H6Cl2N2/c7-2-5-1-6(3-8)10-9-4-5/h1,4H,2-3H2. The van der Waals surface area contributed by atoms with Crippen LogP contribution in [-0.4, -0.2) is 10.2 Å². The lowest BCUT2D eigenvalue weighted by Crippen LogP contribution is -1.90. The van der Waals surface area contributed by atoms with Crippen LogP contribution in [0.5, 0.6) is 0 Å². The maximum Gasteiger partial charge on any atom is 0.0781 e. The van der Waals surface area contributed by atoms with Crippen LogP contribution in [0.15, 0.2) is 12.3 Å². The highest BCUT2D eigenvalue weighted by Crippen LogP contribution is 2.04. The summed E-state index contributed by atoms with van der Waals surface area (Å²) in [7, 11) is 0. The summed E-state index contributed by atoms with van der Waals surface area (Å²) in [6.07, 6.45) is 1.63. The van der Waals surface area contributed by atoms with E-state index in [2.05, 4.69) is 10.2 Å². The maximum atomic E-state index is 5.54. The first-order chi connectivity index (χ1) is 4.86. The van der Waals surface area contributed by atoms with Crippen molar-refractivity contribution in [2.75, 3.05) is 0 Å². The van der Waals surface area contributed by atoms with Gasteiger partial charge in [-0.15, -0.1) is 23.2 Å². The lowest BCUT2D eigenvalue weighted by atomic mass is 10.3. The van der Waals surface area contributed by atoms with E-state index in [0.717, 1.165) is 11.3 Å². The van der Waals surface area contributed by atoms with E-state index in [4.69, 9.17) is 23.2 Å². The summed E-state index contributed by atoms with van der Waals surface area (Å²) in [5, 5.41) is 7.47. The maximum absolute atomic E-state index is 5.54. The fraction of sp³-hybridized carbons (Fsp3) is 0.333. The van der Waals surface area contributed by atoms with E-state index >= 15 is 0 Å². The molecule has 0 unspecified atom stereocenters. The van der Waals surface area contributed by atoms with Crippen LogP contribution in [-0.2, 0) is 11.8 Å². The van der Waals surface area contributed by atoms with Crippen molar-refractivity contribution in [3.63, 3.8) is 0 Å². The molecule has 0 saturated heterocycles. The molecule has 0 aliphatic heterocycles. The molecule has 0 saturated carbocycles. The third-order valence-corrected chi connectivity index (χ3v) is 1.64. The van der Waals surface area contributed by atoms with Crippen molar-refractivity contribution >= 4 is 23.2 Å². The van der Waals surface area contributed by atoms with Crippen molar-refractivity contribution in [2.24, 2.45) is 0 Å². The van der Waals surface area contributed by atoms with E-state index < -0.39 is 0 Å². The number of aromatic nitrogens is 2. The zero-order valence-electron chi connectivity index (χ0n) is 5.22. The summed E-state index contributed by atoms with van der Waals surface area (Å²) in [6.45, 7) is 0. The molecule has 1 aromatic heterocycles. The van der Waals surface area contributed by atoms with E-state index in [1.165, 1.54) is 0 Å². The molecular weight excluding hydrogens is 171 g/mol. The fourth-order valence-corrected chi connectivity index (χ4v) is 0.872. The van der Waals surface area contributed by atoms with Crippen LogP contribution < -0.4 is 0 Å². The molecule has 10 heavy (non-hydrogen) atoms. The van der Waals surface area contributed by atoms with Gasteiger partial charge in [0.1, 0.15) is 0 Å². The summed E-state index contributed by atoms with van der Waals surface area (Å²) in [4.78, 5) is 0. The first-order valence-electron chi connectivity index (χ1n) is 2.79. The number of hydrogen-bond donors (Lipinski definition) is 0. The molecule has 4 heteroatoms. The number of halogens is 2. The largest absolute Gasteiger partial charge is 0.159 e. The Morgan fingerprint density at radius 3 is 2.70 bits per heavy atom. The van der Waals surface area contributed by atoms with Crippen LogP contribution >= 0.6 is 23.2 Å². The number of nitrogens with zero attached hydrogens (tertiary/aromatic N) is 2. The zero-order valence-corrected chi connectivity index (χ0v) is 6.73. The summed E-state index contributed by atoms with van der Waals surface area (Å²) in [5.74, 6) is 0.844. The van der Waals surface area contributed by atoms with E-state index in [9.17, 15) is 0 Å². The molecule has 0 aliphatic rings. The Kier molecular flexibility index (Phi) is 2.90. The summed E-state index contributed by atoms with van der Waals surface area (Å²) in [5.41, 5.74) is 1.71. The molecule has 0 N–H and O–H groups in total. The SMILES string of the molecule is ClCc1cnnc(CCl)c1. The Labute approximate surface area is 69.2 Å². The molecule has 0 aliphatic carbocycles. The molecule has 54 valence electrons. The van der Waals surface area contributed by atoms with Gasteiger partial charge in [0.15, 0.2) is 0 Å². The highest BCUT2D eigenvalue weighted by molar-refractivity contribution is 6.17. The predicted molar refractivity (Wildman–Crippen MR) is 41.1 cm³/mol. The van der Waals surface area contributed by atoms with Gasteiger partial charge in [-0.1, -0.05) is 0 Å². The average Bonchev–Trinajstić information content (AvgIpc) is 2.05. The smallest absolute Gasteiger partial charge is 0.0781 e. The van der Waals surface area contributed by atoms with E-state index in [0.29, 0.717) is 11.8 Å². The van der Waals surface area contributed by atoms with E-state index in [1.807, 2.05) is 6.07 Å². The first-order valence-corrected chi connectivity index (χ1v) is 3.86. The molecule has 0 spiro atoms. The molecule has 0 bridgehead atoms. The second kappa shape index (κ2) is 3.74. The minimum absolute atomic E-state index is 0.387.